The quantitative estimate of drug-likeness (QED) is 0.430. The van der Waals surface area contributed by atoms with Crippen molar-refractivity contribution < 1.29 is 28.2 Å². The third-order valence-electron chi connectivity index (χ3n) is 5.76. The van der Waals surface area contributed by atoms with Crippen LogP contribution in [0.3, 0.4) is 0 Å². The Kier molecular flexibility index (Phi) is 8.12. The molecular formula is C25H24BrFN2O5S. The first kappa shape index (κ1) is 25.2. The van der Waals surface area contributed by atoms with Crippen molar-refractivity contribution in [3.8, 4) is 11.5 Å². The van der Waals surface area contributed by atoms with Crippen molar-refractivity contribution in [3.05, 3.63) is 62.7 Å². The third kappa shape index (κ3) is 5.87. The maximum atomic E-state index is 13.9. The van der Waals surface area contributed by atoms with Gasteiger partial charge in [-0.15, -0.1) is 0 Å². The molecule has 2 aliphatic rings. The SMILES string of the molecule is COc1cc(/C=C2\SC(=O)N(CC(=O)N3CCCCC3)C2=O)cc(Br)c1OCc1ccccc1F. The minimum Gasteiger partial charge on any atom is -0.493 e. The summed E-state index contributed by atoms with van der Waals surface area (Å²) in [4.78, 5) is 40.8. The molecule has 35 heavy (non-hydrogen) atoms. The largest absolute Gasteiger partial charge is 0.493 e. The number of thioether (sulfide) groups is 1. The molecule has 4 rings (SSSR count). The number of hydrogen-bond acceptors (Lipinski definition) is 6. The Morgan fingerprint density at radius 3 is 2.63 bits per heavy atom. The van der Waals surface area contributed by atoms with E-state index >= 15 is 0 Å². The highest BCUT2D eigenvalue weighted by Gasteiger charge is 2.37. The lowest BCUT2D eigenvalue weighted by atomic mass is 10.1. The zero-order valence-corrected chi connectivity index (χ0v) is 21.5. The number of ether oxygens (including phenoxy) is 2. The van der Waals surface area contributed by atoms with Gasteiger partial charge in [0, 0.05) is 18.7 Å². The number of carbonyl (C=O) groups excluding carboxylic acids is 3. The lowest BCUT2D eigenvalue weighted by molar-refractivity contribution is -0.136. The molecular weight excluding hydrogens is 539 g/mol. The molecule has 2 fully saturated rings. The zero-order valence-electron chi connectivity index (χ0n) is 19.1. The lowest BCUT2D eigenvalue weighted by Gasteiger charge is -2.27. The predicted molar refractivity (Wildman–Crippen MR) is 135 cm³/mol. The van der Waals surface area contributed by atoms with Gasteiger partial charge in [-0.2, -0.15) is 0 Å². The summed E-state index contributed by atoms with van der Waals surface area (Å²) in [6, 6.07) is 9.71. The second kappa shape index (κ2) is 11.3. The van der Waals surface area contributed by atoms with Gasteiger partial charge in [0.05, 0.1) is 16.5 Å². The molecule has 184 valence electrons. The summed E-state index contributed by atoms with van der Waals surface area (Å²) < 4.78 is 25.7. The highest BCUT2D eigenvalue weighted by Crippen LogP contribution is 2.39. The number of benzene rings is 2. The van der Waals surface area contributed by atoms with Gasteiger partial charge in [0.15, 0.2) is 11.5 Å². The van der Waals surface area contributed by atoms with Crippen LogP contribution in [0.4, 0.5) is 9.18 Å². The molecule has 2 aromatic rings. The summed E-state index contributed by atoms with van der Waals surface area (Å²) in [6.07, 6.45) is 4.53. The summed E-state index contributed by atoms with van der Waals surface area (Å²) >= 11 is 4.25. The van der Waals surface area contributed by atoms with Crippen molar-refractivity contribution in [2.75, 3.05) is 26.7 Å². The second-order valence-corrected chi connectivity index (χ2v) is 9.97. The van der Waals surface area contributed by atoms with Crippen molar-refractivity contribution in [2.24, 2.45) is 0 Å². The van der Waals surface area contributed by atoms with Crippen molar-refractivity contribution in [1.82, 2.24) is 9.80 Å². The van der Waals surface area contributed by atoms with Gasteiger partial charge < -0.3 is 14.4 Å². The van der Waals surface area contributed by atoms with Gasteiger partial charge in [-0.25, -0.2) is 4.39 Å². The molecule has 0 N–H and O–H groups in total. The average molecular weight is 563 g/mol. The first-order valence-electron chi connectivity index (χ1n) is 11.1. The molecule has 10 heteroatoms. The van der Waals surface area contributed by atoms with E-state index in [0.717, 1.165) is 35.9 Å². The number of nitrogens with zero attached hydrogens (tertiary/aromatic N) is 2. The van der Waals surface area contributed by atoms with E-state index in [4.69, 9.17) is 9.47 Å². The van der Waals surface area contributed by atoms with E-state index in [-0.39, 0.29) is 29.8 Å². The maximum Gasteiger partial charge on any atom is 0.294 e. The number of hydrogen-bond donors (Lipinski definition) is 0. The number of halogens is 2. The number of piperidine rings is 1. The third-order valence-corrected chi connectivity index (χ3v) is 7.25. The van der Waals surface area contributed by atoms with Crippen LogP contribution in [-0.2, 0) is 16.2 Å². The molecule has 0 aliphatic carbocycles. The summed E-state index contributed by atoms with van der Waals surface area (Å²) in [7, 11) is 1.47. The van der Waals surface area contributed by atoms with Crippen LogP contribution in [0.15, 0.2) is 45.8 Å². The Labute approximate surface area is 215 Å². The number of carbonyl (C=O) groups is 3. The van der Waals surface area contributed by atoms with Gasteiger partial charge in [-0.05, 0) is 76.8 Å². The lowest BCUT2D eigenvalue weighted by Crippen LogP contribution is -2.44. The van der Waals surface area contributed by atoms with Crippen LogP contribution >= 0.6 is 27.7 Å². The van der Waals surface area contributed by atoms with Crippen molar-refractivity contribution >= 4 is 50.8 Å². The molecule has 0 saturated carbocycles. The molecule has 0 bridgehead atoms. The monoisotopic (exact) mass is 562 g/mol. The Morgan fingerprint density at radius 1 is 1.17 bits per heavy atom. The minimum atomic E-state index is -0.500. The second-order valence-electron chi connectivity index (χ2n) is 8.12. The summed E-state index contributed by atoms with van der Waals surface area (Å²) in [5.74, 6) is -0.322. The summed E-state index contributed by atoms with van der Waals surface area (Å²) in [6.45, 7) is 1.07. The number of likely N-dealkylation sites (tertiary alicyclic amines) is 1. The smallest absolute Gasteiger partial charge is 0.294 e. The molecule has 0 spiro atoms. The number of methoxy groups -OCH3 is 1. The minimum absolute atomic E-state index is 0.00488. The van der Waals surface area contributed by atoms with Crippen LogP contribution in [0.25, 0.3) is 6.08 Å². The van der Waals surface area contributed by atoms with Crippen LogP contribution < -0.4 is 9.47 Å². The first-order chi connectivity index (χ1) is 16.9. The van der Waals surface area contributed by atoms with Gasteiger partial charge in [0.25, 0.3) is 11.1 Å². The average Bonchev–Trinajstić information content (AvgIpc) is 3.11. The van der Waals surface area contributed by atoms with Gasteiger partial charge in [-0.1, -0.05) is 18.2 Å². The van der Waals surface area contributed by atoms with E-state index in [1.54, 1.807) is 41.3 Å². The highest BCUT2D eigenvalue weighted by atomic mass is 79.9. The molecule has 2 heterocycles. The number of amides is 3. The van der Waals surface area contributed by atoms with Crippen molar-refractivity contribution in [2.45, 2.75) is 25.9 Å². The fourth-order valence-electron chi connectivity index (χ4n) is 3.89. The molecule has 2 saturated heterocycles. The molecule has 0 aromatic heterocycles. The van der Waals surface area contributed by atoms with Crippen molar-refractivity contribution in [3.63, 3.8) is 0 Å². The van der Waals surface area contributed by atoms with Gasteiger partial charge >= 0.3 is 0 Å². The molecule has 0 radical (unpaired) electrons. The first-order valence-corrected chi connectivity index (χ1v) is 12.7. The summed E-state index contributed by atoms with van der Waals surface area (Å²) in [5, 5.41) is -0.470. The highest BCUT2D eigenvalue weighted by molar-refractivity contribution is 9.10. The Bertz CT molecular complexity index is 1180. The normalized spacial score (nSPS) is 17.3. The fraction of sp³-hybridized carbons (Fsp3) is 0.320. The number of rotatable bonds is 7. The fourth-order valence-corrected chi connectivity index (χ4v) is 5.31. The van der Waals surface area contributed by atoms with Gasteiger partial charge in [-0.3, -0.25) is 19.3 Å². The van der Waals surface area contributed by atoms with Gasteiger partial charge in [0.2, 0.25) is 5.91 Å². The van der Waals surface area contributed by atoms with E-state index < -0.39 is 11.1 Å². The Balaban J connectivity index is 1.49. The van der Waals surface area contributed by atoms with Crippen LogP contribution in [0.5, 0.6) is 11.5 Å². The van der Waals surface area contributed by atoms with E-state index in [1.807, 2.05) is 0 Å². The van der Waals surface area contributed by atoms with Crippen LogP contribution in [0, 0.1) is 5.82 Å². The van der Waals surface area contributed by atoms with Gasteiger partial charge in [0.1, 0.15) is 19.0 Å². The molecule has 2 aliphatic heterocycles. The Hall–Kier alpha value is -2.85. The molecule has 3 amide bonds. The zero-order chi connectivity index (χ0) is 24.9. The van der Waals surface area contributed by atoms with E-state index in [1.165, 1.54) is 13.2 Å². The number of imide groups is 1. The van der Waals surface area contributed by atoms with Crippen LogP contribution in [0.1, 0.15) is 30.4 Å². The van der Waals surface area contributed by atoms with Crippen LogP contribution in [-0.4, -0.2) is 53.6 Å². The van der Waals surface area contributed by atoms with E-state index in [2.05, 4.69) is 15.9 Å². The Morgan fingerprint density at radius 2 is 1.91 bits per heavy atom. The van der Waals surface area contributed by atoms with E-state index in [0.29, 0.717) is 40.2 Å². The standard InChI is InChI=1S/C25H24BrFN2O5S/c1-33-20-12-16(11-18(26)23(20)34-15-17-7-3-4-8-19(17)27)13-21-24(31)29(25(32)35-21)14-22(30)28-9-5-2-6-10-28/h3-4,7-8,11-13H,2,5-6,9-10,14-15H2,1H3/b21-13-. The van der Waals surface area contributed by atoms with Crippen LogP contribution in [0.2, 0.25) is 0 Å². The molecule has 7 nitrogen and oxygen atoms in total. The van der Waals surface area contributed by atoms with E-state index in [9.17, 15) is 18.8 Å². The maximum absolute atomic E-state index is 13.9. The molecule has 0 unspecified atom stereocenters. The van der Waals surface area contributed by atoms with Crippen molar-refractivity contribution in [1.29, 1.82) is 0 Å². The molecule has 2 aromatic carbocycles. The summed E-state index contributed by atoms with van der Waals surface area (Å²) in [5.41, 5.74) is 0.998. The molecule has 0 atom stereocenters. The predicted octanol–water partition coefficient (Wildman–Crippen LogP) is 5.22. The topological polar surface area (TPSA) is 76.2 Å².